The second-order valence-electron chi connectivity index (χ2n) is 10.2. The third kappa shape index (κ3) is 5.30. The SMILES string of the molecule is COc1ccc(C2=NN(C3CCN(C(=O)[C@@H](N)CN(C)C)CC3)C(=O)[C@@H]3CCCC[C@H]23)cc1OC. The summed E-state index contributed by atoms with van der Waals surface area (Å²) < 4.78 is 10.9. The van der Waals surface area contributed by atoms with Crippen LogP contribution in [0.5, 0.6) is 11.5 Å². The predicted octanol–water partition coefficient (Wildman–Crippen LogP) is 1.94. The summed E-state index contributed by atoms with van der Waals surface area (Å²) in [6.45, 7) is 1.69. The van der Waals surface area contributed by atoms with Crippen molar-refractivity contribution in [1.29, 1.82) is 0 Å². The van der Waals surface area contributed by atoms with Crippen LogP contribution in [0, 0.1) is 11.8 Å². The molecule has 4 rings (SSSR count). The number of nitrogens with two attached hydrogens (primary N) is 1. The molecule has 9 nitrogen and oxygen atoms in total. The van der Waals surface area contributed by atoms with Crippen molar-refractivity contribution in [2.75, 3.05) is 47.9 Å². The summed E-state index contributed by atoms with van der Waals surface area (Å²) in [7, 11) is 7.07. The fraction of sp³-hybridized carbons (Fsp3) is 0.654. The number of nitrogens with zero attached hydrogens (tertiary/aromatic N) is 4. The van der Waals surface area contributed by atoms with Gasteiger partial charge >= 0.3 is 0 Å². The van der Waals surface area contributed by atoms with Crippen molar-refractivity contribution in [1.82, 2.24) is 14.8 Å². The molecule has 3 atom stereocenters. The Bertz CT molecular complexity index is 957. The molecule has 1 saturated carbocycles. The third-order valence-corrected chi connectivity index (χ3v) is 7.56. The van der Waals surface area contributed by atoms with Gasteiger partial charge in [0.1, 0.15) is 0 Å². The van der Waals surface area contributed by atoms with Crippen LogP contribution in [-0.4, -0.2) is 92.4 Å². The minimum Gasteiger partial charge on any atom is -0.493 e. The summed E-state index contributed by atoms with van der Waals surface area (Å²) in [5.74, 6) is 1.51. The Morgan fingerprint density at radius 3 is 2.37 bits per heavy atom. The van der Waals surface area contributed by atoms with E-state index in [0.29, 0.717) is 44.0 Å². The maximum absolute atomic E-state index is 13.6. The van der Waals surface area contributed by atoms with Crippen LogP contribution in [0.25, 0.3) is 0 Å². The van der Waals surface area contributed by atoms with Crippen LogP contribution < -0.4 is 15.2 Å². The number of hydrogen-bond donors (Lipinski definition) is 1. The molecule has 1 aromatic carbocycles. The lowest BCUT2D eigenvalue weighted by molar-refractivity contribution is -0.143. The number of carbonyl (C=O) groups excluding carboxylic acids is 2. The Morgan fingerprint density at radius 2 is 1.74 bits per heavy atom. The third-order valence-electron chi connectivity index (χ3n) is 7.56. The first kappa shape index (κ1) is 25.4. The number of benzene rings is 1. The topological polar surface area (TPSA) is 101 Å². The van der Waals surface area contributed by atoms with Gasteiger partial charge in [-0.05, 0) is 58.0 Å². The van der Waals surface area contributed by atoms with E-state index in [1.165, 1.54) is 0 Å². The van der Waals surface area contributed by atoms with Crippen molar-refractivity contribution in [3.63, 3.8) is 0 Å². The molecule has 0 unspecified atom stereocenters. The number of ether oxygens (including phenoxy) is 2. The molecule has 2 amide bonds. The highest BCUT2D eigenvalue weighted by atomic mass is 16.5. The number of amides is 2. The molecule has 35 heavy (non-hydrogen) atoms. The lowest BCUT2D eigenvalue weighted by atomic mass is 9.73. The van der Waals surface area contributed by atoms with Crippen LogP contribution in [0.2, 0.25) is 0 Å². The van der Waals surface area contributed by atoms with Gasteiger partial charge in [0, 0.05) is 37.0 Å². The Morgan fingerprint density at radius 1 is 1.09 bits per heavy atom. The second kappa shape index (κ2) is 11.0. The van der Waals surface area contributed by atoms with Crippen molar-refractivity contribution >= 4 is 17.5 Å². The fourth-order valence-corrected chi connectivity index (χ4v) is 5.73. The van der Waals surface area contributed by atoms with Gasteiger partial charge in [-0.2, -0.15) is 5.10 Å². The number of piperidine rings is 1. The van der Waals surface area contributed by atoms with Crippen molar-refractivity contribution in [3.8, 4) is 11.5 Å². The highest BCUT2D eigenvalue weighted by Gasteiger charge is 2.44. The smallest absolute Gasteiger partial charge is 0.246 e. The minimum absolute atomic E-state index is 0.0188. The average molecular weight is 486 g/mol. The second-order valence-corrected chi connectivity index (χ2v) is 10.2. The highest BCUT2D eigenvalue weighted by molar-refractivity contribution is 6.07. The zero-order valence-electron chi connectivity index (χ0n) is 21.4. The van der Waals surface area contributed by atoms with E-state index in [1.807, 2.05) is 42.1 Å². The van der Waals surface area contributed by atoms with Gasteiger partial charge in [0.25, 0.3) is 0 Å². The number of hydrazone groups is 1. The molecule has 2 fully saturated rings. The van der Waals surface area contributed by atoms with E-state index in [-0.39, 0.29) is 29.7 Å². The molecular weight excluding hydrogens is 446 g/mol. The standard InChI is InChI=1S/C26H39N5O4/c1-29(2)16-21(27)26(33)30-13-11-18(12-14-30)31-25(32)20-8-6-5-7-19(20)24(28-31)17-9-10-22(34-3)23(15-17)35-4/h9-10,15,18-21H,5-8,11-14,16,27H2,1-4H3/t19-,20+,21-/m0/s1. The first-order valence-corrected chi connectivity index (χ1v) is 12.7. The van der Waals surface area contributed by atoms with Crippen molar-refractivity contribution in [3.05, 3.63) is 23.8 Å². The number of carbonyl (C=O) groups is 2. The molecule has 2 aliphatic heterocycles. The van der Waals surface area contributed by atoms with Crippen molar-refractivity contribution < 1.29 is 19.1 Å². The zero-order chi connectivity index (χ0) is 25.1. The van der Waals surface area contributed by atoms with Gasteiger partial charge in [-0.3, -0.25) is 9.59 Å². The summed E-state index contributed by atoms with van der Waals surface area (Å²) in [4.78, 5) is 30.1. The molecule has 1 aromatic rings. The van der Waals surface area contributed by atoms with E-state index >= 15 is 0 Å². The minimum atomic E-state index is -0.532. The van der Waals surface area contributed by atoms with E-state index < -0.39 is 6.04 Å². The van der Waals surface area contributed by atoms with Crippen LogP contribution in [0.4, 0.5) is 0 Å². The number of likely N-dealkylation sites (tertiary alicyclic amines) is 1. The Hall–Kier alpha value is -2.65. The largest absolute Gasteiger partial charge is 0.493 e. The number of hydrogen-bond acceptors (Lipinski definition) is 7. The van der Waals surface area contributed by atoms with E-state index in [2.05, 4.69) is 0 Å². The van der Waals surface area contributed by atoms with Gasteiger partial charge < -0.3 is 25.0 Å². The summed E-state index contributed by atoms with van der Waals surface area (Å²) in [6, 6.07) is 5.32. The maximum Gasteiger partial charge on any atom is 0.246 e. The lowest BCUT2D eigenvalue weighted by Gasteiger charge is -2.43. The molecule has 192 valence electrons. The Balaban J connectivity index is 1.56. The van der Waals surface area contributed by atoms with Crippen LogP contribution in [0.15, 0.2) is 23.3 Å². The van der Waals surface area contributed by atoms with Crippen molar-refractivity contribution in [2.24, 2.45) is 22.7 Å². The average Bonchev–Trinajstić information content (AvgIpc) is 2.88. The first-order chi connectivity index (χ1) is 16.8. The van der Waals surface area contributed by atoms with Crippen LogP contribution >= 0.6 is 0 Å². The predicted molar refractivity (Wildman–Crippen MR) is 135 cm³/mol. The fourth-order valence-electron chi connectivity index (χ4n) is 5.73. The van der Waals surface area contributed by atoms with Crippen LogP contribution in [0.3, 0.4) is 0 Å². The monoisotopic (exact) mass is 485 g/mol. The summed E-state index contributed by atoms with van der Waals surface area (Å²) in [5.41, 5.74) is 8.04. The zero-order valence-corrected chi connectivity index (χ0v) is 21.4. The molecule has 0 bridgehead atoms. The van der Waals surface area contributed by atoms with Gasteiger partial charge in [-0.25, -0.2) is 5.01 Å². The van der Waals surface area contributed by atoms with E-state index in [0.717, 1.165) is 37.0 Å². The van der Waals surface area contributed by atoms with E-state index in [1.54, 1.807) is 19.2 Å². The molecule has 1 aliphatic carbocycles. The normalized spacial score (nSPS) is 24.2. The molecule has 0 aromatic heterocycles. The number of rotatable bonds is 7. The lowest BCUT2D eigenvalue weighted by Crippen LogP contribution is -2.55. The van der Waals surface area contributed by atoms with Gasteiger partial charge in [0.05, 0.1) is 32.0 Å². The highest BCUT2D eigenvalue weighted by Crippen LogP contribution is 2.40. The van der Waals surface area contributed by atoms with Gasteiger partial charge in [-0.1, -0.05) is 12.8 Å². The van der Waals surface area contributed by atoms with Crippen LogP contribution in [0.1, 0.15) is 44.1 Å². The van der Waals surface area contributed by atoms with Crippen LogP contribution in [-0.2, 0) is 9.59 Å². The first-order valence-electron chi connectivity index (χ1n) is 12.7. The van der Waals surface area contributed by atoms with Crippen molar-refractivity contribution in [2.45, 2.75) is 50.6 Å². The quantitative estimate of drug-likeness (QED) is 0.634. The van der Waals surface area contributed by atoms with Gasteiger partial charge in [0.2, 0.25) is 11.8 Å². The molecule has 2 N–H and O–H groups in total. The molecule has 2 heterocycles. The van der Waals surface area contributed by atoms with Gasteiger partial charge in [0.15, 0.2) is 11.5 Å². The van der Waals surface area contributed by atoms with Gasteiger partial charge in [-0.15, -0.1) is 0 Å². The Kier molecular flexibility index (Phi) is 7.96. The van der Waals surface area contributed by atoms with E-state index in [4.69, 9.17) is 20.3 Å². The molecule has 3 aliphatic rings. The molecule has 9 heteroatoms. The number of methoxy groups -OCH3 is 2. The molecule has 1 saturated heterocycles. The summed E-state index contributed by atoms with van der Waals surface area (Å²) in [5, 5.41) is 6.72. The Labute approximate surface area is 208 Å². The van der Waals surface area contributed by atoms with E-state index in [9.17, 15) is 9.59 Å². The summed E-state index contributed by atoms with van der Waals surface area (Å²) in [6.07, 6.45) is 5.43. The maximum atomic E-state index is 13.6. The molecule has 0 spiro atoms. The number of fused-ring (bicyclic) bond motifs is 1. The molecule has 0 radical (unpaired) electrons. The summed E-state index contributed by atoms with van der Waals surface area (Å²) >= 11 is 0. The molecular formula is C26H39N5O4. The number of likely N-dealkylation sites (N-methyl/N-ethyl adjacent to an activating group) is 1.